The van der Waals surface area contributed by atoms with Crippen LogP contribution < -0.4 is 5.32 Å². The van der Waals surface area contributed by atoms with E-state index in [-0.39, 0.29) is 5.82 Å². The van der Waals surface area contributed by atoms with Crippen LogP contribution >= 0.6 is 27.5 Å². The Bertz CT molecular complexity index is 649. The molecule has 6 heteroatoms. The molecule has 0 heterocycles. The molecule has 0 aromatic heterocycles. The molecule has 0 spiro atoms. The molecule has 21 heavy (non-hydrogen) atoms. The third kappa shape index (κ3) is 3.95. The molecule has 0 bridgehead atoms. The Balaban J connectivity index is 2.34. The number of hydrogen-bond acceptors (Lipinski definition) is 3. The molecule has 2 aromatic carbocycles. The third-order valence-electron chi connectivity index (χ3n) is 2.87. The molecule has 0 saturated carbocycles. The van der Waals surface area contributed by atoms with Gasteiger partial charge in [-0.05, 0) is 42.0 Å². The molecule has 0 fully saturated rings. The summed E-state index contributed by atoms with van der Waals surface area (Å²) < 4.78 is 18.5. The first-order valence-corrected chi connectivity index (χ1v) is 7.23. The summed E-state index contributed by atoms with van der Waals surface area (Å²) in [5, 5.41) is 3.64. The minimum absolute atomic E-state index is 0.388. The summed E-state index contributed by atoms with van der Waals surface area (Å²) in [6, 6.07) is 10.3. The lowest BCUT2D eigenvalue weighted by Gasteiger charge is -2.19. The van der Waals surface area contributed by atoms with Crippen LogP contribution in [-0.2, 0) is 9.53 Å². The van der Waals surface area contributed by atoms with Crippen molar-refractivity contribution in [2.75, 3.05) is 12.4 Å². The van der Waals surface area contributed by atoms with Crippen LogP contribution in [0.1, 0.15) is 11.6 Å². The summed E-state index contributed by atoms with van der Waals surface area (Å²) in [5.74, 6) is -0.863. The van der Waals surface area contributed by atoms with Crippen LogP contribution in [0.25, 0.3) is 0 Å². The molecule has 0 aliphatic rings. The number of methoxy groups -OCH3 is 1. The maximum absolute atomic E-state index is 13.2. The van der Waals surface area contributed by atoms with Crippen molar-refractivity contribution in [2.24, 2.45) is 0 Å². The zero-order chi connectivity index (χ0) is 15.4. The highest BCUT2D eigenvalue weighted by Crippen LogP contribution is 2.28. The molecule has 110 valence electrons. The normalized spacial score (nSPS) is 11.8. The maximum Gasteiger partial charge on any atom is 0.333 e. The monoisotopic (exact) mass is 371 g/mol. The van der Waals surface area contributed by atoms with E-state index in [2.05, 4.69) is 21.2 Å². The Kier molecular flexibility index (Phi) is 5.20. The first-order valence-electron chi connectivity index (χ1n) is 6.06. The summed E-state index contributed by atoms with van der Waals surface area (Å²) in [6.45, 7) is 0. The predicted octanol–water partition coefficient (Wildman–Crippen LogP) is 4.57. The van der Waals surface area contributed by atoms with Crippen LogP contribution in [0.5, 0.6) is 0 Å². The molecule has 2 rings (SSSR count). The van der Waals surface area contributed by atoms with Gasteiger partial charge in [-0.15, -0.1) is 0 Å². The Hall–Kier alpha value is -1.59. The van der Waals surface area contributed by atoms with Crippen LogP contribution in [0, 0.1) is 5.82 Å². The average Bonchev–Trinajstić information content (AvgIpc) is 2.47. The molecule has 3 nitrogen and oxygen atoms in total. The van der Waals surface area contributed by atoms with E-state index >= 15 is 0 Å². The van der Waals surface area contributed by atoms with Crippen molar-refractivity contribution in [3.8, 4) is 0 Å². The zero-order valence-corrected chi connectivity index (χ0v) is 13.4. The van der Waals surface area contributed by atoms with Crippen molar-refractivity contribution in [3.05, 3.63) is 63.3 Å². The van der Waals surface area contributed by atoms with Crippen LogP contribution in [-0.4, -0.2) is 13.1 Å². The molecule has 1 atom stereocenters. The van der Waals surface area contributed by atoms with Gasteiger partial charge in [0.15, 0.2) is 6.04 Å². The van der Waals surface area contributed by atoms with Crippen molar-refractivity contribution in [2.45, 2.75) is 6.04 Å². The van der Waals surface area contributed by atoms with Gasteiger partial charge in [-0.2, -0.15) is 0 Å². The van der Waals surface area contributed by atoms with Crippen molar-refractivity contribution in [3.63, 3.8) is 0 Å². The van der Waals surface area contributed by atoms with Gasteiger partial charge in [-0.25, -0.2) is 9.18 Å². The Labute approximate surface area is 135 Å². The van der Waals surface area contributed by atoms with Crippen molar-refractivity contribution in [1.29, 1.82) is 0 Å². The number of benzene rings is 2. The van der Waals surface area contributed by atoms with Crippen LogP contribution in [0.15, 0.2) is 46.9 Å². The number of halogens is 3. The van der Waals surface area contributed by atoms with E-state index in [0.29, 0.717) is 20.7 Å². The van der Waals surface area contributed by atoms with Crippen molar-refractivity contribution in [1.82, 2.24) is 0 Å². The third-order valence-corrected chi connectivity index (χ3v) is 3.80. The van der Waals surface area contributed by atoms with Gasteiger partial charge in [0.05, 0.1) is 7.11 Å². The van der Waals surface area contributed by atoms with Crippen LogP contribution in [0.4, 0.5) is 10.1 Å². The standard InChI is InChI=1S/C15H12BrClFNO2/c1-21-15(20)14(12-7-4-10(18)8-13(12)16)19-11-5-2-9(17)3-6-11/h2-8,14,19H,1H3. The lowest BCUT2D eigenvalue weighted by Crippen LogP contribution is -2.22. The second-order valence-corrected chi connectivity index (χ2v) is 5.56. The second-order valence-electron chi connectivity index (χ2n) is 4.27. The largest absolute Gasteiger partial charge is 0.467 e. The lowest BCUT2D eigenvalue weighted by atomic mass is 10.1. The first-order chi connectivity index (χ1) is 10.0. The summed E-state index contributed by atoms with van der Waals surface area (Å²) in [7, 11) is 1.30. The molecule has 2 aromatic rings. The Morgan fingerprint density at radius 2 is 1.95 bits per heavy atom. The molecule has 1 unspecified atom stereocenters. The number of anilines is 1. The summed E-state index contributed by atoms with van der Waals surface area (Å²) >= 11 is 9.09. The van der Waals surface area contributed by atoms with E-state index in [9.17, 15) is 9.18 Å². The average molecular weight is 373 g/mol. The fourth-order valence-electron chi connectivity index (χ4n) is 1.83. The van der Waals surface area contributed by atoms with E-state index < -0.39 is 12.0 Å². The van der Waals surface area contributed by atoms with Gasteiger partial charge in [0.1, 0.15) is 5.82 Å². The fourth-order valence-corrected chi connectivity index (χ4v) is 2.54. The molecule has 0 saturated heterocycles. The number of carbonyl (C=O) groups excluding carboxylic acids is 1. The Morgan fingerprint density at radius 3 is 2.52 bits per heavy atom. The number of hydrogen-bond donors (Lipinski definition) is 1. The quantitative estimate of drug-likeness (QED) is 0.799. The molecule has 1 N–H and O–H groups in total. The van der Waals surface area contributed by atoms with Crippen molar-refractivity contribution < 1.29 is 13.9 Å². The molecule has 0 aliphatic heterocycles. The number of rotatable bonds is 4. The first kappa shape index (κ1) is 15.8. The van der Waals surface area contributed by atoms with Crippen LogP contribution in [0.3, 0.4) is 0 Å². The van der Waals surface area contributed by atoms with Gasteiger partial charge >= 0.3 is 5.97 Å². The number of nitrogens with one attached hydrogen (secondary N) is 1. The lowest BCUT2D eigenvalue weighted by molar-refractivity contribution is -0.141. The zero-order valence-electron chi connectivity index (χ0n) is 11.1. The molecular weight excluding hydrogens is 361 g/mol. The van der Waals surface area contributed by atoms with Crippen LogP contribution in [0.2, 0.25) is 5.02 Å². The molecular formula is C15H12BrClFNO2. The van der Waals surface area contributed by atoms with Gasteiger partial charge in [0, 0.05) is 15.2 Å². The predicted molar refractivity (Wildman–Crippen MR) is 83.9 cm³/mol. The topological polar surface area (TPSA) is 38.3 Å². The number of carbonyl (C=O) groups is 1. The second kappa shape index (κ2) is 6.91. The minimum atomic E-state index is -0.758. The van der Waals surface area contributed by atoms with E-state index in [1.807, 2.05) is 0 Å². The summed E-state index contributed by atoms with van der Waals surface area (Å²) in [5.41, 5.74) is 1.28. The highest BCUT2D eigenvalue weighted by Gasteiger charge is 2.23. The number of ether oxygens (including phenoxy) is 1. The van der Waals surface area contributed by atoms with Gasteiger partial charge in [-0.1, -0.05) is 33.6 Å². The summed E-state index contributed by atoms with van der Waals surface area (Å²) in [4.78, 5) is 12.0. The van der Waals surface area contributed by atoms with E-state index in [4.69, 9.17) is 16.3 Å². The smallest absolute Gasteiger partial charge is 0.333 e. The highest BCUT2D eigenvalue weighted by molar-refractivity contribution is 9.10. The maximum atomic E-state index is 13.2. The Morgan fingerprint density at radius 1 is 1.29 bits per heavy atom. The fraction of sp³-hybridized carbons (Fsp3) is 0.133. The van der Waals surface area contributed by atoms with Gasteiger partial charge in [-0.3, -0.25) is 0 Å². The SMILES string of the molecule is COC(=O)C(Nc1ccc(Cl)cc1)c1ccc(F)cc1Br. The highest BCUT2D eigenvalue weighted by atomic mass is 79.9. The molecule has 0 amide bonds. The van der Waals surface area contributed by atoms with E-state index in [0.717, 1.165) is 0 Å². The van der Waals surface area contributed by atoms with Gasteiger partial charge in [0.25, 0.3) is 0 Å². The van der Waals surface area contributed by atoms with Gasteiger partial charge in [0.2, 0.25) is 0 Å². The molecule has 0 aliphatic carbocycles. The van der Waals surface area contributed by atoms with Crippen molar-refractivity contribution >= 4 is 39.2 Å². The van der Waals surface area contributed by atoms with Gasteiger partial charge < -0.3 is 10.1 Å². The van der Waals surface area contributed by atoms with E-state index in [1.165, 1.54) is 25.3 Å². The molecule has 0 radical (unpaired) electrons. The minimum Gasteiger partial charge on any atom is -0.467 e. The van der Waals surface area contributed by atoms with E-state index in [1.54, 1.807) is 24.3 Å². The summed E-state index contributed by atoms with van der Waals surface area (Å²) in [6.07, 6.45) is 0. The number of esters is 1.